The van der Waals surface area contributed by atoms with Crippen molar-refractivity contribution < 1.29 is 0 Å². The molecule has 0 saturated carbocycles. The molecule has 6 rings (SSSR count). The van der Waals surface area contributed by atoms with Gasteiger partial charge in [0, 0.05) is 0 Å². The molecule has 36 heavy (non-hydrogen) atoms. The van der Waals surface area contributed by atoms with Gasteiger partial charge in [0.15, 0.2) is 0 Å². The first-order valence-electron chi connectivity index (χ1n) is 12.6. The van der Waals surface area contributed by atoms with E-state index in [4.69, 9.17) is 0 Å². The fourth-order valence-electron chi connectivity index (χ4n) is 5.37. The Morgan fingerprint density at radius 3 is 2.00 bits per heavy atom. The largest absolute Gasteiger partial charge is 0.0798 e. The summed E-state index contributed by atoms with van der Waals surface area (Å²) in [5.41, 5.74) is 8.85. The van der Waals surface area contributed by atoms with Gasteiger partial charge in [-0.15, -0.1) is 0 Å². The van der Waals surface area contributed by atoms with Gasteiger partial charge in [-0.2, -0.15) is 0 Å². The van der Waals surface area contributed by atoms with Gasteiger partial charge in [-0.25, -0.2) is 0 Å². The van der Waals surface area contributed by atoms with Crippen LogP contribution in [0.1, 0.15) is 24.5 Å². The minimum atomic E-state index is 0.974. The van der Waals surface area contributed by atoms with Crippen molar-refractivity contribution in [3.63, 3.8) is 0 Å². The van der Waals surface area contributed by atoms with E-state index in [1.54, 1.807) is 0 Å². The molecule has 0 bridgehead atoms. The highest BCUT2D eigenvalue weighted by molar-refractivity contribution is 6.03. The molecule has 0 nitrogen and oxygen atoms in total. The quantitative estimate of drug-likeness (QED) is 0.232. The van der Waals surface area contributed by atoms with Crippen LogP contribution >= 0.6 is 0 Å². The molecule has 1 aliphatic rings. The van der Waals surface area contributed by atoms with Crippen LogP contribution in [0.4, 0.5) is 0 Å². The molecule has 0 heterocycles. The smallest absolute Gasteiger partial charge is 0.00296 e. The van der Waals surface area contributed by atoms with Crippen molar-refractivity contribution in [3.05, 3.63) is 143 Å². The Morgan fingerprint density at radius 1 is 0.611 bits per heavy atom. The van der Waals surface area contributed by atoms with Gasteiger partial charge in [0.05, 0.1) is 0 Å². The third-order valence-electron chi connectivity index (χ3n) is 7.09. The molecule has 0 aromatic heterocycles. The average Bonchev–Trinajstić information content (AvgIpc) is 3.43. The topological polar surface area (TPSA) is 0 Å². The second-order valence-electron chi connectivity index (χ2n) is 9.20. The summed E-state index contributed by atoms with van der Waals surface area (Å²) < 4.78 is 0. The molecule has 0 N–H and O–H groups in total. The lowest BCUT2D eigenvalue weighted by atomic mass is 9.91. The first-order chi connectivity index (χ1) is 17.8. The Kier molecular flexibility index (Phi) is 5.93. The third-order valence-corrected chi connectivity index (χ3v) is 7.09. The van der Waals surface area contributed by atoms with Gasteiger partial charge < -0.3 is 0 Å². The summed E-state index contributed by atoms with van der Waals surface area (Å²) >= 11 is 0. The van der Waals surface area contributed by atoms with E-state index >= 15 is 0 Å². The Balaban J connectivity index is 1.48. The second-order valence-corrected chi connectivity index (χ2v) is 9.20. The molecule has 0 atom stereocenters. The number of hydrogen-bond donors (Lipinski definition) is 0. The van der Waals surface area contributed by atoms with Crippen molar-refractivity contribution in [1.29, 1.82) is 0 Å². The van der Waals surface area contributed by atoms with Crippen molar-refractivity contribution in [1.82, 2.24) is 0 Å². The number of rotatable bonds is 5. The fourth-order valence-corrected chi connectivity index (χ4v) is 5.37. The number of hydrogen-bond acceptors (Lipinski definition) is 0. The minimum Gasteiger partial charge on any atom is -0.0798 e. The van der Waals surface area contributed by atoms with E-state index in [-0.39, 0.29) is 0 Å². The van der Waals surface area contributed by atoms with Crippen LogP contribution in [0, 0.1) is 0 Å². The molecule has 5 aromatic rings. The third kappa shape index (κ3) is 4.01. The molecule has 0 radical (unpaired) electrons. The molecule has 0 aliphatic heterocycles. The van der Waals surface area contributed by atoms with Crippen LogP contribution in [0.3, 0.4) is 0 Å². The highest BCUT2D eigenvalue weighted by Gasteiger charge is 2.13. The second kappa shape index (κ2) is 9.68. The average molecular weight is 461 g/mol. The maximum Gasteiger partial charge on any atom is -0.00296 e. The van der Waals surface area contributed by atoms with Crippen molar-refractivity contribution in [2.45, 2.75) is 13.3 Å². The summed E-state index contributed by atoms with van der Waals surface area (Å²) in [5, 5.41) is 5.30. The Hall–Kier alpha value is -4.42. The van der Waals surface area contributed by atoms with E-state index < -0.39 is 0 Å². The Bertz CT molecular complexity index is 1730. The first-order valence-corrected chi connectivity index (χ1v) is 12.6. The molecule has 0 spiro atoms. The molecular weight excluding hydrogens is 432 g/mol. The van der Waals surface area contributed by atoms with Crippen LogP contribution in [-0.2, 0) is 0 Å². The monoisotopic (exact) mass is 460 g/mol. The lowest BCUT2D eigenvalue weighted by Gasteiger charge is -2.12. The van der Waals surface area contributed by atoms with Crippen molar-refractivity contribution in [2.75, 3.05) is 0 Å². The normalized spacial score (nSPS) is 13.0. The standard InChI is InChI=1S/C36H28/c1-2-26(29-17-11-18-30(25-29)27-13-5-3-6-14-27)23-24-33-31-19-9-10-20-34(31)36(28-15-7-4-8-16-28)35-22-12-21-32(33)35/h2-11,13-25H,12H2,1H3/b24-23?,26-2+. The SMILES string of the molecule is C/C=C(\C=Cc1c2c(c(-c3ccccc3)c3ccccc13)=CCC=2)c1cccc(-c2ccccc2)c1. The number of allylic oxidation sites excluding steroid dienone is 3. The molecule has 0 fully saturated rings. The molecular formula is C36H28. The Morgan fingerprint density at radius 2 is 1.25 bits per heavy atom. The zero-order valence-electron chi connectivity index (χ0n) is 20.5. The van der Waals surface area contributed by atoms with Gasteiger partial charge >= 0.3 is 0 Å². The van der Waals surface area contributed by atoms with E-state index in [1.165, 1.54) is 60.2 Å². The fraction of sp³-hybridized carbons (Fsp3) is 0.0556. The van der Waals surface area contributed by atoms with Crippen LogP contribution in [0.2, 0.25) is 0 Å². The zero-order chi connectivity index (χ0) is 24.3. The van der Waals surface area contributed by atoms with Crippen molar-refractivity contribution in [3.8, 4) is 22.3 Å². The highest BCUT2D eigenvalue weighted by atomic mass is 14.2. The van der Waals surface area contributed by atoms with Gasteiger partial charge in [0.2, 0.25) is 0 Å². The van der Waals surface area contributed by atoms with Crippen molar-refractivity contribution in [2.24, 2.45) is 0 Å². The maximum atomic E-state index is 2.38. The van der Waals surface area contributed by atoms with Crippen LogP contribution < -0.4 is 10.4 Å². The first kappa shape index (κ1) is 22.1. The molecule has 0 heteroatoms. The summed E-state index contributed by atoms with van der Waals surface area (Å²) in [7, 11) is 0. The van der Waals surface area contributed by atoms with Crippen molar-refractivity contribution >= 4 is 34.6 Å². The van der Waals surface area contributed by atoms with Gasteiger partial charge in [-0.05, 0) is 79.6 Å². The van der Waals surface area contributed by atoms with E-state index in [0.717, 1.165) is 6.42 Å². The summed E-state index contributed by atoms with van der Waals surface area (Å²) in [5.74, 6) is 0. The maximum absolute atomic E-state index is 2.38. The van der Waals surface area contributed by atoms with E-state index in [9.17, 15) is 0 Å². The van der Waals surface area contributed by atoms with E-state index in [0.29, 0.717) is 0 Å². The van der Waals surface area contributed by atoms with Gasteiger partial charge in [-0.1, -0.05) is 134 Å². The van der Waals surface area contributed by atoms with Crippen LogP contribution in [0.25, 0.3) is 56.8 Å². The van der Waals surface area contributed by atoms with E-state index in [2.05, 4.69) is 146 Å². The number of benzene rings is 5. The van der Waals surface area contributed by atoms with Gasteiger partial charge in [-0.3, -0.25) is 0 Å². The van der Waals surface area contributed by atoms with Crippen LogP contribution in [-0.4, -0.2) is 0 Å². The molecule has 5 aromatic carbocycles. The Labute approximate surface area is 212 Å². The lowest BCUT2D eigenvalue weighted by Crippen LogP contribution is -2.27. The molecule has 0 amide bonds. The molecule has 0 unspecified atom stereocenters. The summed E-state index contributed by atoms with van der Waals surface area (Å²) in [4.78, 5) is 0. The van der Waals surface area contributed by atoms with E-state index in [1.807, 2.05) is 0 Å². The molecule has 172 valence electrons. The zero-order valence-corrected chi connectivity index (χ0v) is 20.5. The summed E-state index contributed by atoms with van der Waals surface area (Å²) in [6.07, 6.45) is 12.5. The summed E-state index contributed by atoms with van der Waals surface area (Å²) in [6.45, 7) is 2.12. The number of fused-ring (bicyclic) bond motifs is 2. The lowest BCUT2D eigenvalue weighted by molar-refractivity contribution is 1.53. The summed E-state index contributed by atoms with van der Waals surface area (Å²) in [6, 6.07) is 39.0. The van der Waals surface area contributed by atoms with Crippen LogP contribution in [0.5, 0.6) is 0 Å². The highest BCUT2D eigenvalue weighted by Crippen LogP contribution is 2.29. The minimum absolute atomic E-state index is 0.974. The van der Waals surface area contributed by atoms with Gasteiger partial charge in [0.25, 0.3) is 0 Å². The predicted octanol–water partition coefficient (Wildman–Crippen LogP) is 8.26. The molecule has 0 saturated heterocycles. The predicted molar refractivity (Wildman–Crippen MR) is 157 cm³/mol. The van der Waals surface area contributed by atoms with Gasteiger partial charge in [0.1, 0.15) is 0 Å². The van der Waals surface area contributed by atoms with Crippen LogP contribution in [0.15, 0.2) is 121 Å². The molecule has 1 aliphatic carbocycles.